The van der Waals surface area contributed by atoms with Gasteiger partial charge in [-0.05, 0) is 29.9 Å². The Kier molecular flexibility index (Phi) is 6.09. The maximum Gasteiger partial charge on any atom is 0.137 e. The van der Waals surface area contributed by atoms with E-state index in [9.17, 15) is 0 Å². The molecule has 1 heterocycles. The zero-order valence-corrected chi connectivity index (χ0v) is 11.8. The molecule has 0 fully saturated rings. The fraction of sp³-hybridized carbons (Fsp3) is 0.643. The second kappa shape index (κ2) is 7.34. The lowest BCUT2D eigenvalue weighted by Gasteiger charge is -2.26. The number of hydrogen-bond acceptors (Lipinski definition) is 4. The third-order valence-corrected chi connectivity index (χ3v) is 3.32. The molecule has 102 valence electrons. The molecule has 0 radical (unpaired) electrons. The number of aromatic nitrogens is 1. The molecule has 0 aliphatic heterocycles. The van der Waals surface area contributed by atoms with Crippen LogP contribution in [0.5, 0.6) is 5.75 Å². The summed E-state index contributed by atoms with van der Waals surface area (Å²) >= 11 is 0. The minimum atomic E-state index is 0.0997. The molecule has 0 amide bonds. The minimum Gasteiger partial charge on any atom is -0.492 e. The standard InChI is InChI=1S/C14H25N3O/c1-5-6-18-13-7-12(8-16-9-13)14(17-15)11(4)10(2)3/h7-11,14,17H,5-6,15H2,1-4H3. The number of nitrogens with one attached hydrogen (secondary N) is 1. The zero-order valence-electron chi connectivity index (χ0n) is 11.8. The molecule has 0 bridgehead atoms. The van der Waals surface area contributed by atoms with Crippen LogP contribution in [0.15, 0.2) is 18.5 Å². The van der Waals surface area contributed by atoms with Gasteiger partial charge in [0.1, 0.15) is 5.75 Å². The van der Waals surface area contributed by atoms with Gasteiger partial charge in [0.2, 0.25) is 0 Å². The van der Waals surface area contributed by atoms with Gasteiger partial charge in [-0.3, -0.25) is 16.3 Å². The van der Waals surface area contributed by atoms with Crippen LogP contribution >= 0.6 is 0 Å². The van der Waals surface area contributed by atoms with Gasteiger partial charge in [0.05, 0.1) is 18.8 Å². The Hall–Kier alpha value is -1.13. The summed E-state index contributed by atoms with van der Waals surface area (Å²) < 4.78 is 5.60. The molecule has 0 saturated heterocycles. The zero-order chi connectivity index (χ0) is 13.5. The molecule has 0 aliphatic rings. The fourth-order valence-electron chi connectivity index (χ4n) is 1.84. The summed E-state index contributed by atoms with van der Waals surface area (Å²) in [7, 11) is 0. The Bertz CT molecular complexity index is 355. The van der Waals surface area contributed by atoms with E-state index in [-0.39, 0.29) is 6.04 Å². The first-order chi connectivity index (χ1) is 8.60. The van der Waals surface area contributed by atoms with Crippen molar-refractivity contribution in [1.29, 1.82) is 0 Å². The van der Waals surface area contributed by atoms with Crippen LogP contribution in [0.2, 0.25) is 0 Å². The average molecular weight is 251 g/mol. The number of ether oxygens (including phenoxy) is 1. The van der Waals surface area contributed by atoms with Gasteiger partial charge in [-0.1, -0.05) is 27.7 Å². The first-order valence-corrected chi connectivity index (χ1v) is 6.64. The highest BCUT2D eigenvalue weighted by molar-refractivity contribution is 5.26. The SMILES string of the molecule is CCCOc1cncc(C(NN)C(C)C(C)C)c1. The number of rotatable bonds is 7. The molecule has 0 spiro atoms. The van der Waals surface area contributed by atoms with E-state index >= 15 is 0 Å². The van der Waals surface area contributed by atoms with E-state index in [4.69, 9.17) is 10.6 Å². The van der Waals surface area contributed by atoms with Crippen molar-refractivity contribution >= 4 is 0 Å². The summed E-state index contributed by atoms with van der Waals surface area (Å²) in [6.07, 6.45) is 4.58. The maximum atomic E-state index is 5.68. The highest BCUT2D eigenvalue weighted by Crippen LogP contribution is 2.28. The predicted molar refractivity (Wildman–Crippen MR) is 74.1 cm³/mol. The van der Waals surface area contributed by atoms with Gasteiger partial charge in [0, 0.05) is 6.20 Å². The molecule has 2 unspecified atom stereocenters. The Morgan fingerprint density at radius 2 is 2.06 bits per heavy atom. The average Bonchev–Trinajstić information content (AvgIpc) is 2.37. The summed E-state index contributed by atoms with van der Waals surface area (Å²) in [5.41, 5.74) is 3.96. The van der Waals surface area contributed by atoms with Crippen molar-refractivity contribution in [3.63, 3.8) is 0 Å². The second-order valence-corrected chi connectivity index (χ2v) is 5.05. The lowest BCUT2D eigenvalue weighted by molar-refractivity contribution is 0.299. The van der Waals surface area contributed by atoms with Gasteiger partial charge in [0.25, 0.3) is 0 Å². The monoisotopic (exact) mass is 251 g/mol. The second-order valence-electron chi connectivity index (χ2n) is 5.05. The summed E-state index contributed by atoms with van der Waals surface area (Å²) in [5, 5.41) is 0. The molecule has 0 aliphatic carbocycles. The van der Waals surface area contributed by atoms with Crippen LogP contribution in [0.3, 0.4) is 0 Å². The van der Waals surface area contributed by atoms with Crippen LogP contribution in [0, 0.1) is 11.8 Å². The van der Waals surface area contributed by atoms with Crippen molar-refractivity contribution in [2.24, 2.45) is 17.7 Å². The molecule has 2 atom stereocenters. The highest BCUT2D eigenvalue weighted by atomic mass is 16.5. The largest absolute Gasteiger partial charge is 0.492 e. The molecular weight excluding hydrogens is 226 g/mol. The molecule has 1 aromatic rings. The van der Waals surface area contributed by atoms with E-state index in [0.29, 0.717) is 18.4 Å². The van der Waals surface area contributed by atoms with Gasteiger partial charge < -0.3 is 4.74 Å². The predicted octanol–water partition coefficient (Wildman–Crippen LogP) is 2.67. The van der Waals surface area contributed by atoms with E-state index < -0.39 is 0 Å². The van der Waals surface area contributed by atoms with Crippen molar-refractivity contribution in [3.05, 3.63) is 24.0 Å². The van der Waals surface area contributed by atoms with E-state index in [2.05, 4.69) is 38.1 Å². The number of nitrogens with two attached hydrogens (primary N) is 1. The third-order valence-electron chi connectivity index (χ3n) is 3.32. The first kappa shape index (κ1) is 14.9. The molecule has 1 rings (SSSR count). The van der Waals surface area contributed by atoms with Crippen molar-refractivity contribution in [2.45, 2.75) is 40.2 Å². The highest BCUT2D eigenvalue weighted by Gasteiger charge is 2.21. The molecule has 4 heteroatoms. The summed E-state index contributed by atoms with van der Waals surface area (Å²) in [6, 6.07) is 2.12. The Balaban J connectivity index is 2.85. The van der Waals surface area contributed by atoms with Crippen LogP contribution in [-0.4, -0.2) is 11.6 Å². The normalized spacial score (nSPS) is 14.6. The Labute approximate surface area is 110 Å². The van der Waals surface area contributed by atoms with Crippen LogP contribution in [-0.2, 0) is 0 Å². The van der Waals surface area contributed by atoms with Crippen LogP contribution < -0.4 is 16.0 Å². The molecular formula is C14H25N3O. The van der Waals surface area contributed by atoms with Gasteiger partial charge >= 0.3 is 0 Å². The quantitative estimate of drug-likeness (QED) is 0.578. The van der Waals surface area contributed by atoms with E-state index in [1.165, 1.54) is 0 Å². The maximum absolute atomic E-state index is 5.68. The van der Waals surface area contributed by atoms with Gasteiger partial charge in [-0.2, -0.15) is 0 Å². The molecule has 0 saturated carbocycles. The number of nitrogens with zero attached hydrogens (tertiary/aromatic N) is 1. The number of hydrazine groups is 1. The van der Waals surface area contributed by atoms with Gasteiger partial charge in [-0.25, -0.2) is 0 Å². The summed E-state index contributed by atoms with van der Waals surface area (Å²) in [6.45, 7) is 9.38. The summed E-state index contributed by atoms with van der Waals surface area (Å²) in [4.78, 5) is 4.23. The molecule has 4 nitrogen and oxygen atoms in total. The van der Waals surface area contributed by atoms with Crippen molar-refractivity contribution < 1.29 is 4.74 Å². The van der Waals surface area contributed by atoms with Gasteiger partial charge in [-0.15, -0.1) is 0 Å². The van der Waals surface area contributed by atoms with Crippen LogP contribution in [0.1, 0.15) is 45.7 Å². The fourth-order valence-corrected chi connectivity index (χ4v) is 1.84. The van der Waals surface area contributed by atoms with Gasteiger partial charge in [0.15, 0.2) is 0 Å². The topological polar surface area (TPSA) is 60.2 Å². The molecule has 0 aromatic carbocycles. The van der Waals surface area contributed by atoms with E-state index in [0.717, 1.165) is 17.7 Å². The van der Waals surface area contributed by atoms with Crippen LogP contribution in [0.25, 0.3) is 0 Å². The van der Waals surface area contributed by atoms with Crippen molar-refractivity contribution in [2.75, 3.05) is 6.61 Å². The summed E-state index contributed by atoms with van der Waals surface area (Å²) in [5.74, 6) is 7.46. The molecule has 3 N–H and O–H groups in total. The lowest BCUT2D eigenvalue weighted by atomic mass is 9.87. The molecule has 1 aromatic heterocycles. The smallest absolute Gasteiger partial charge is 0.137 e. The van der Waals surface area contributed by atoms with E-state index in [1.54, 1.807) is 6.20 Å². The lowest BCUT2D eigenvalue weighted by Crippen LogP contribution is -2.34. The molecule has 18 heavy (non-hydrogen) atoms. The number of hydrogen-bond donors (Lipinski definition) is 2. The van der Waals surface area contributed by atoms with E-state index in [1.807, 2.05) is 12.3 Å². The minimum absolute atomic E-state index is 0.0997. The Morgan fingerprint density at radius 1 is 1.33 bits per heavy atom. The third kappa shape index (κ3) is 3.96. The first-order valence-electron chi connectivity index (χ1n) is 6.64. The van der Waals surface area contributed by atoms with Crippen molar-refractivity contribution in [1.82, 2.24) is 10.4 Å². The number of pyridine rings is 1. The van der Waals surface area contributed by atoms with Crippen molar-refractivity contribution in [3.8, 4) is 5.75 Å². The Morgan fingerprint density at radius 3 is 2.61 bits per heavy atom. The van der Waals surface area contributed by atoms with Crippen LogP contribution in [0.4, 0.5) is 0 Å².